The van der Waals surface area contributed by atoms with Gasteiger partial charge in [-0.05, 0) is 0 Å². The van der Waals surface area contributed by atoms with Crippen molar-refractivity contribution in [1.82, 2.24) is 0 Å². The van der Waals surface area contributed by atoms with E-state index >= 15 is 0 Å². The van der Waals surface area contributed by atoms with E-state index in [9.17, 15) is 4.57 Å². The molecule has 0 radical (unpaired) electrons. The van der Waals surface area contributed by atoms with Crippen molar-refractivity contribution in [2.24, 2.45) is 0 Å². The van der Waals surface area contributed by atoms with E-state index in [4.69, 9.17) is 5.11 Å². The van der Waals surface area contributed by atoms with Crippen molar-refractivity contribution in [3.05, 3.63) is 0 Å². The molecule has 66 valence electrons. The Labute approximate surface area is 62.7 Å². The van der Waals surface area contributed by atoms with Crippen LogP contribution in [0.4, 0.5) is 0 Å². The molecule has 0 aromatic heterocycles. The van der Waals surface area contributed by atoms with Crippen LogP contribution in [-0.4, -0.2) is 25.7 Å². The monoisotopic (exact) mass is 172 g/mol. The second-order valence-electron chi connectivity index (χ2n) is 1.12. The lowest BCUT2D eigenvalue weighted by atomic mass is 11.7. The van der Waals surface area contributed by atoms with Crippen molar-refractivity contribution < 1.29 is 18.7 Å². The van der Waals surface area contributed by atoms with Crippen molar-refractivity contribution in [2.75, 3.05) is 20.6 Å². The molecule has 0 aliphatic rings. The van der Waals surface area contributed by atoms with E-state index in [0.717, 1.165) is 0 Å². The molecule has 1 N–H and O–H groups in total. The highest BCUT2D eigenvalue weighted by atomic mass is 31.2. The molecule has 0 fully saturated rings. The Morgan fingerprint density at radius 2 is 1.60 bits per heavy atom. The Hall–Kier alpha value is 0.110. The molecule has 10 heavy (non-hydrogen) atoms. The van der Waals surface area contributed by atoms with E-state index in [1.165, 1.54) is 14.2 Å². The van der Waals surface area contributed by atoms with Gasteiger partial charge in [0.25, 0.3) is 0 Å². The highest BCUT2D eigenvalue weighted by molar-refractivity contribution is 7.53. The van der Waals surface area contributed by atoms with Gasteiger partial charge in [0.05, 0.1) is 0 Å². The van der Waals surface area contributed by atoms with Crippen LogP contribution in [0.15, 0.2) is 0 Å². The second-order valence-corrected chi connectivity index (χ2v) is 3.35. The van der Waals surface area contributed by atoms with Gasteiger partial charge in [-0.3, -0.25) is 4.57 Å². The minimum absolute atomic E-state index is 0. The fraction of sp³-hybridized carbons (Fsp3) is 1.00. The maximum absolute atomic E-state index is 10.6. The average Bonchev–Trinajstić information content (AvgIpc) is 1.87. The van der Waals surface area contributed by atoms with Crippen LogP contribution in [0.3, 0.4) is 0 Å². The summed E-state index contributed by atoms with van der Waals surface area (Å²) in [6, 6.07) is 0. The SMILES string of the molecule is C.C.COP(=O)(CO)OC. The lowest BCUT2D eigenvalue weighted by molar-refractivity contribution is 0.233. The fourth-order valence-corrected chi connectivity index (χ4v) is 0.570. The Balaban J connectivity index is -0.000000245. The molecular formula is C5H17O4P. The minimum Gasteiger partial charge on any atom is -0.384 e. The Morgan fingerprint density at radius 3 is 1.60 bits per heavy atom. The first-order valence-corrected chi connectivity index (χ1v) is 3.72. The molecule has 0 spiro atoms. The average molecular weight is 172 g/mol. The lowest BCUT2D eigenvalue weighted by Gasteiger charge is -2.08. The molecule has 0 amide bonds. The lowest BCUT2D eigenvalue weighted by Crippen LogP contribution is -1.91. The van der Waals surface area contributed by atoms with Crippen molar-refractivity contribution in [3.8, 4) is 0 Å². The molecule has 0 atom stereocenters. The molecule has 0 rings (SSSR count). The van der Waals surface area contributed by atoms with Crippen LogP contribution in [0.1, 0.15) is 14.9 Å². The van der Waals surface area contributed by atoms with Crippen molar-refractivity contribution in [1.29, 1.82) is 0 Å². The quantitative estimate of drug-likeness (QED) is 0.658. The van der Waals surface area contributed by atoms with Gasteiger partial charge in [-0.15, -0.1) is 0 Å². The molecule has 0 bridgehead atoms. The summed E-state index contributed by atoms with van der Waals surface area (Å²) < 4.78 is 19.3. The maximum Gasteiger partial charge on any atom is 0.355 e. The molecule has 0 unspecified atom stereocenters. The molecule has 4 nitrogen and oxygen atoms in total. The number of hydrogen-bond donors (Lipinski definition) is 1. The van der Waals surface area contributed by atoms with Crippen LogP contribution in [-0.2, 0) is 13.6 Å². The summed E-state index contributed by atoms with van der Waals surface area (Å²) in [7, 11) is -0.661. The molecule has 0 heterocycles. The van der Waals surface area contributed by atoms with E-state index in [-0.39, 0.29) is 14.9 Å². The second kappa shape index (κ2) is 7.22. The summed E-state index contributed by atoms with van der Waals surface area (Å²) in [5.41, 5.74) is 0. The van der Waals surface area contributed by atoms with Gasteiger partial charge >= 0.3 is 7.60 Å². The van der Waals surface area contributed by atoms with Crippen molar-refractivity contribution in [3.63, 3.8) is 0 Å². The predicted octanol–water partition coefficient (Wildman–Crippen LogP) is 1.69. The van der Waals surface area contributed by atoms with Crippen LogP contribution < -0.4 is 0 Å². The maximum atomic E-state index is 10.6. The molecular weight excluding hydrogens is 155 g/mol. The Bertz CT molecular complexity index is 84.8. The van der Waals surface area contributed by atoms with Crippen LogP contribution >= 0.6 is 7.60 Å². The van der Waals surface area contributed by atoms with Crippen LogP contribution in [0, 0.1) is 0 Å². The van der Waals surface area contributed by atoms with Gasteiger partial charge in [0.2, 0.25) is 0 Å². The Morgan fingerprint density at radius 1 is 1.30 bits per heavy atom. The molecule has 0 saturated carbocycles. The molecule has 0 aliphatic heterocycles. The zero-order chi connectivity index (χ0) is 6.62. The van der Waals surface area contributed by atoms with Gasteiger partial charge in [0.1, 0.15) is 6.35 Å². The van der Waals surface area contributed by atoms with E-state index in [1.807, 2.05) is 0 Å². The van der Waals surface area contributed by atoms with E-state index in [1.54, 1.807) is 0 Å². The third-order valence-electron chi connectivity index (χ3n) is 0.730. The summed E-state index contributed by atoms with van der Waals surface area (Å²) in [5.74, 6) is 0. The van der Waals surface area contributed by atoms with Gasteiger partial charge in [0.15, 0.2) is 0 Å². The third kappa shape index (κ3) is 4.94. The zero-order valence-electron chi connectivity index (χ0n) is 4.83. The van der Waals surface area contributed by atoms with Crippen molar-refractivity contribution in [2.45, 2.75) is 14.9 Å². The van der Waals surface area contributed by atoms with Crippen LogP contribution in [0.5, 0.6) is 0 Å². The van der Waals surface area contributed by atoms with Gasteiger partial charge in [-0.2, -0.15) is 0 Å². The van der Waals surface area contributed by atoms with Crippen LogP contribution in [0.2, 0.25) is 0 Å². The van der Waals surface area contributed by atoms with Gasteiger partial charge < -0.3 is 14.2 Å². The molecule has 5 heteroatoms. The summed E-state index contributed by atoms with van der Waals surface area (Å²) >= 11 is 0. The topological polar surface area (TPSA) is 55.8 Å². The number of aliphatic hydroxyl groups is 1. The number of aliphatic hydroxyl groups excluding tert-OH is 1. The summed E-state index contributed by atoms with van der Waals surface area (Å²) in [6.45, 7) is 0. The summed E-state index contributed by atoms with van der Waals surface area (Å²) in [5, 5.41) is 8.27. The van der Waals surface area contributed by atoms with Gasteiger partial charge in [-0.1, -0.05) is 14.9 Å². The van der Waals surface area contributed by atoms with E-state index in [0.29, 0.717) is 0 Å². The minimum atomic E-state index is -3.11. The Kier molecular flexibility index (Phi) is 12.0. The predicted molar refractivity (Wildman–Crippen MR) is 42.2 cm³/mol. The van der Waals surface area contributed by atoms with Crippen molar-refractivity contribution >= 4 is 7.60 Å². The molecule has 0 saturated heterocycles. The van der Waals surface area contributed by atoms with Gasteiger partial charge in [-0.25, -0.2) is 0 Å². The smallest absolute Gasteiger partial charge is 0.355 e. The standard InChI is InChI=1S/C3H9O4P.2CH4/c1-6-8(5,3-4)7-2;;/h4H,3H2,1-2H3;2*1H4. The number of rotatable bonds is 3. The summed E-state index contributed by atoms with van der Waals surface area (Å²) in [4.78, 5) is 0. The first kappa shape index (κ1) is 16.6. The molecule has 0 aromatic carbocycles. The van der Waals surface area contributed by atoms with E-state index in [2.05, 4.69) is 9.05 Å². The normalized spacial score (nSPS) is 9.50. The third-order valence-corrected chi connectivity index (χ3v) is 2.19. The molecule has 0 aromatic rings. The largest absolute Gasteiger partial charge is 0.384 e. The highest BCUT2D eigenvalue weighted by Gasteiger charge is 2.17. The molecule has 0 aliphatic carbocycles. The fourth-order valence-electron chi connectivity index (χ4n) is 0.190. The van der Waals surface area contributed by atoms with Crippen LogP contribution in [0.25, 0.3) is 0 Å². The summed E-state index contributed by atoms with van der Waals surface area (Å²) in [6.07, 6.45) is -0.569. The van der Waals surface area contributed by atoms with Gasteiger partial charge in [0, 0.05) is 14.2 Å². The first-order chi connectivity index (χ1) is 3.68. The highest BCUT2D eigenvalue weighted by Crippen LogP contribution is 2.44. The number of hydrogen-bond acceptors (Lipinski definition) is 4. The first-order valence-electron chi connectivity index (χ1n) is 2.00. The van der Waals surface area contributed by atoms with E-state index < -0.39 is 13.9 Å². The zero-order valence-corrected chi connectivity index (χ0v) is 5.72.